The van der Waals surface area contributed by atoms with Gasteiger partial charge in [0.05, 0.1) is 11.4 Å². The van der Waals surface area contributed by atoms with Crippen molar-refractivity contribution in [3.05, 3.63) is 77.7 Å². The molecule has 4 rings (SSSR count). The standard InChI is InChI=1S/C28H31FN2O/c1-21(2)27-25(13-10-20-32)26(22-14-16-24(29)17-15-22)28(23-11-6-5-7-12-23)31(27)30-18-8-3-4-9-19-30/h5-7,10-17,20-21H,3-4,8-9,18-19H2,1-2H3. The highest BCUT2D eigenvalue weighted by molar-refractivity contribution is 5.92. The average Bonchev–Trinajstić information content (AvgIpc) is 2.94. The van der Waals surface area contributed by atoms with Crippen LogP contribution in [0.1, 0.15) is 56.7 Å². The molecule has 0 radical (unpaired) electrons. The van der Waals surface area contributed by atoms with Gasteiger partial charge in [-0.05, 0) is 48.6 Å². The van der Waals surface area contributed by atoms with Gasteiger partial charge in [0.25, 0.3) is 0 Å². The van der Waals surface area contributed by atoms with Crippen LogP contribution in [-0.2, 0) is 4.79 Å². The van der Waals surface area contributed by atoms with E-state index >= 15 is 0 Å². The van der Waals surface area contributed by atoms with Gasteiger partial charge < -0.3 is 5.01 Å². The number of carbonyl (C=O) groups is 1. The van der Waals surface area contributed by atoms with Crippen molar-refractivity contribution < 1.29 is 9.18 Å². The van der Waals surface area contributed by atoms with Crippen LogP contribution in [0.3, 0.4) is 0 Å². The van der Waals surface area contributed by atoms with E-state index in [4.69, 9.17) is 0 Å². The largest absolute Gasteiger partial charge is 0.312 e. The first-order chi connectivity index (χ1) is 15.6. The molecule has 4 heteroatoms. The summed E-state index contributed by atoms with van der Waals surface area (Å²) in [4.78, 5) is 11.3. The lowest BCUT2D eigenvalue weighted by Crippen LogP contribution is -2.37. The molecule has 3 aromatic rings. The zero-order chi connectivity index (χ0) is 22.5. The fourth-order valence-corrected chi connectivity index (χ4v) is 4.78. The summed E-state index contributed by atoms with van der Waals surface area (Å²) in [5, 5.41) is 2.47. The molecular formula is C28H31FN2O. The second-order valence-electron chi connectivity index (χ2n) is 8.73. The number of hydrogen-bond acceptors (Lipinski definition) is 2. The molecule has 32 heavy (non-hydrogen) atoms. The molecule has 0 aliphatic carbocycles. The fourth-order valence-electron chi connectivity index (χ4n) is 4.78. The predicted octanol–water partition coefficient (Wildman–Crippen LogP) is 6.81. The average molecular weight is 431 g/mol. The third-order valence-corrected chi connectivity index (χ3v) is 6.16. The molecule has 0 N–H and O–H groups in total. The number of aldehydes is 1. The molecule has 1 saturated heterocycles. The van der Waals surface area contributed by atoms with Crippen molar-refractivity contribution >= 4 is 12.4 Å². The second-order valence-corrected chi connectivity index (χ2v) is 8.73. The molecule has 1 aliphatic rings. The van der Waals surface area contributed by atoms with Gasteiger partial charge >= 0.3 is 0 Å². The number of halogens is 1. The topological polar surface area (TPSA) is 25.2 Å². The Labute approximate surface area is 190 Å². The van der Waals surface area contributed by atoms with E-state index in [1.54, 1.807) is 6.08 Å². The zero-order valence-corrected chi connectivity index (χ0v) is 18.9. The van der Waals surface area contributed by atoms with Crippen LogP contribution in [0.5, 0.6) is 0 Å². The highest BCUT2D eigenvalue weighted by Gasteiger charge is 2.28. The Morgan fingerprint density at radius 3 is 2.12 bits per heavy atom. The Morgan fingerprint density at radius 1 is 0.875 bits per heavy atom. The Morgan fingerprint density at radius 2 is 1.53 bits per heavy atom. The molecule has 3 nitrogen and oxygen atoms in total. The van der Waals surface area contributed by atoms with Crippen molar-refractivity contribution in [2.24, 2.45) is 0 Å². The van der Waals surface area contributed by atoms with E-state index in [1.807, 2.05) is 24.3 Å². The van der Waals surface area contributed by atoms with Crippen LogP contribution in [0.4, 0.5) is 4.39 Å². The summed E-state index contributed by atoms with van der Waals surface area (Å²) in [6.07, 6.45) is 9.13. The van der Waals surface area contributed by atoms with Crippen molar-refractivity contribution in [2.75, 3.05) is 18.1 Å². The first-order valence-corrected chi connectivity index (χ1v) is 11.6. The quantitative estimate of drug-likeness (QED) is 0.317. The van der Waals surface area contributed by atoms with E-state index in [0.29, 0.717) is 0 Å². The maximum absolute atomic E-state index is 13.8. The maximum Gasteiger partial charge on any atom is 0.142 e. The Hall–Kier alpha value is -3.14. The molecule has 166 valence electrons. The minimum Gasteiger partial charge on any atom is -0.312 e. The molecule has 0 amide bonds. The number of allylic oxidation sites excluding steroid dienone is 1. The number of rotatable bonds is 6. The zero-order valence-electron chi connectivity index (χ0n) is 18.9. The highest BCUT2D eigenvalue weighted by Crippen LogP contribution is 2.43. The summed E-state index contributed by atoms with van der Waals surface area (Å²) >= 11 is 0. The van der Waals surface area contributed by atoms with Gasteiger partial charge in [-0.2, -0.15) is 0 Å². The molecule has 0 unspecified atom stereocenters. The van der Waals surface area contributed by atoms with E-state index in [9.17, 15) is 9.18 Å². The van der Waals surface area contributed by atoms with Gasteiger partial charge in [-0.1, -0.05) is 69.2 Å². The van der Waals surface area contributed by atoms with Crippen molar-refractivity contribution in [3.8, 4) is 22.4 Å². The summed E-state index contributed by atoms with van der Waals surface area (Å²) in [7, 11) is 0. The van der Waals surface area contributed by atoms with E-state index in [1.165, 1.54) is 30.7 Å². The third kappa shape index (κ3) is 4.40. The van der Waals surface area contributed by atoms with Crippen LogP contribution in [0.15, 0.2) is 60.7 Å². The van der Waals surface area contributed by atoms with Gasteiger partial charge in [0.2, 0.25) is 0 Å². The van der Waals surface area contributed by atoms with E-state index in [-0.39, 0.29) is 11.7 Å². The minimum absolute atomic E-state index is 0.237. The van der Waals surface area contributed by atoms with Gasteiger partial charge in [-0.25, -0.2) is 4.39 Å². The molecule has 0 atom stereocenters. The predicted molar refractivity (Wildman–Crippen MR) is 131 cm³/mol. The van der Waals surface area contributed by atoms with E-state index < -0.39 is 0 Å². The second kappa shape index (κ2) is 9.99. The smallest absolute Gasteiger partial charge is 0.142 e. The van der Waals surface area contributed by atoms with Gasteiger partial charge in [0.15, 0.2) is 0 Å². The Kier molecular flexibility index (Phi) is 6.89. The summed E-state index contributed by atoms with van der Waals surface area (Å²) < 4.78 is 16.2. The van der Waals surface area contributed by atoms with E-state index in [0.717, 1.165) is 60.2 Å². The monoisotopic (exact) mass is 430 g/mol. The number of aromatic nitrogens is 1. The van der Waals surface area contributed by atoms with Gasteiger partial charge in [0.1, 0.15) is 12.1 Å². The summed E-state index contributed by atoms with van der Waals surface area (Å²) in [6, 6.07) is 17.1. The number of carbonyl (C=O) groups excluding carboxylic acids is 1. The van der Waals surface area contributed by atoms with Crippen molar-refractivity contribution in [1.29, 1.82) is 0 Å². The number of benzene rings is 2. The minimum atomic E-state index is -0.254. The lowest BCUT2D eigenvalue weighted by atomic mass is 9.94. The van der Waals surface area contributed by atoms with Crippen LogP contribution < -0.4 is 5.01 Å². The van der Waals surface area contributed by atoms with Crippen LogP contribution in [0, 0.1) is 5.82 Å². The summed E-state index contributed by atoms with van der Waals surface area (Å²) in [5.74, 6) is -0.0164. The fraction of sp³-hybridized carbons (Fsp3) is 0.321. The van der Waals surface area contributed by atoms with Crippen molar-refractivity contribution in [2.45, 2.75) is 45.4 Å². The third-order valence-electron chi connectivity index (χ3n) is 6.16. The number of nitrogens with zero attached hydrogens (tertiary/aromatic N) is 2. The molecular weight excluding hydrogens is 399 g/mol. The SMILES string of the molecule is CC(C)c1c(C=CC=O)c(-c2ccc(F)cc2)c(-c2ccccc2)n1N1CCCCCC1. The van der Waals surface area contributed by atoms with Crippen LogP contribution in [0.2, 0.25) is 0 Å². The number of hydrogen-bond donors (Lipinski definition) is 0. The van der Waals surface area contributed by atoms with Crippen LogP contribution >= 0.6 is 0 Å². The van der Waals surface area contributed by atoms with Crippen molar-refractivity contribution in [1.82, 2.24) is 4.68 Å². The molecule has 1 aromatic heterocycles. The first-order valence-electron chi connectivity index (χ1n) is 11.6. The molecule has 0 spiro atoms. The molecule has 2 heterocycles. The molecule has 0 bridgehead atoms. The molecule has 2 aromatic carbocycles. The Bertz CT molecular complexity index is 1070. The van der Waals surface area contributed by atoms with Gasteiger partial charge in [-0.15, -0.1) is 0 Å². The lowest BCUT2D eigenvalue weighted by molar-refractivity contribution is -0.104. The summed E-state index contributed by atoms with van der Waals surface area (Å²) in [6.45, 7) is 6.39. The molecule has 1 aliphatic heterocycles. The van der Waals surface area contributed by atoms with E-state index in [2.05, 4.69) is 47.8 Å². The van der Waals surface area contributed by atoms with Gasteiger partial charge in [0, 0.05) is 29.8 Å². The Balaban J connectivity index is 2.10. The summed E-state index contributed by atoms with van der Waals surface area (Å²) in [5.41, 5.74) is 6.43. The van der Waals surface area contributed by atoms with Crippen LogP contribution in [-0.4, -0.2) is 24.1 Å². The van der Waals surface area contributed by atoms with Gasteiger partial charge in [-0.3, -0.25) is 9.47 Å². The molecule has 0 saturated carbocycles. The first kappa shape index (κ1) is 22.1. The highest BCUT2D eigenvalue weighted by atomic mass is 19.1. The van der Waals surface area contributed by atoms with Crippen molar-refractivity contribution in [3.63, 3.8) is 0 Å². The lowest BCUT2D eigenvalue weighted by Gasteiger charge is -2.30. The van der Waals surface area contributed by atoms with Crippen LogP contribution in [0.25, 0.3) is 28.5 Å². The molecule has 1 fully saturated rings. The normalized spacial score (nSPS) is 14.8. The maximum atomic E-state index is 13.8.